The van der Waals surface area contributed by atoms with E-state index in [4.69, 9.17) is 16.5 Å². The fraction of sp³-hybridized carbons (Fsp3) is 0.923. The smallest absolute Gasteiger partial charge is 0.319 e. The SMILES string of the molecule is CCOC(=O)CNCP(=S)(N1CCCC1)N1CCCC1. The van der Waals surface area contributed by atoms with Crippen molar-refractivity contribution in [2.75, 3.05) is 45.6 Å². The van der Waals surface area contributed by atoms with Crippen molar-refractivity contribution in [2.24, 2.45) is 0 Å². The molecule has 2 fully saturated rings. The van der Waals surface area contributed by atoms with Crippen LogP contribution in [0, 0.1) is 0 Å². The Kier molecular flexibility index (Phi) is 6.43. The molecule has 2 aliphatic heterocycles. The largest absolute Gasteiger partial charge is 0.465 e. The molecule has 0 aromatic carbocycles. The van der Waals surface area contributed by atoms with Crippen LogP contribution < -0.4 is 5.32 Å². The molecule has 2 aliphatic rings. The Morgan fingerprint density at radius 1 is 1.15 bits per heavy atom. The van der Waals surface area contributed by atoms with E-state index in [1.54, 1.807) is 0 Å². The van der Waals surface area contributed by atoms with Gasteiger partial charge in [-0.05, 0) is 32.6 Å². The lowest BCUT2D eigenvalue weighted by atomic mass is 10.4. The number of rotatable bonds is 7. The molecule has 1 N–H and O–H groups in total. The molecule has 0 radical (unpaired) electrons. The number of hydrogen-bond acceptors (Lipinski definition) is 4. The minimum absolute atomic E-state index is 0.183. The topological polar surface area (TPSA) is 44.8 Å². The summed E-state index contributed by atoms with van der Waals surface area (Å²) in [6.07, 6.45) is 4.06. The first kappa shape index (κ1) is 16.4. The number of ether oxygens (including phenoxy) is 1. The molecular weight excluding hydrogens is 293 g/mol. The van der Waals surface area contributed by atoms with Crippen LogP contribution in [-0.2, 0) is 21.3 Å². The van der Waals surface area contributed by atoms with Gasteiger partial charge in [0.15, 0.2) is 0 Å². The molecule has 0 aromatic rings. The van der Waals surface area contributed by atoms with Crippen LogP contribution in [-0.4, -0.2) is 60.9 Å². The van der Waals surface area contributed by atoms with E-state index >= 15 is 0 Å². The van der Waals surface area contributed by atoms with Gasteiger partial charge in [-0.1, -0.05) is 11.8 Å². The van der Waals surface area contributed by atoms with E-state index in [2.05, 4.69) is 14.7 Å². The Balaban J connectivity index is 1.92. The van der Waals surface area contributed by atoms with E-state index in [0.717, 1.165) is 32.5 Å². The van der Waals surface area contributed by atoms with Gasteiger partial charge >= 0.3 is 5.97 Å². The summed E-state index contributed by atoms with van der Waals surface area (Å²) in [4.78, 5) is 11.4. The summed E-state index contributed by atoms with van der Waals surface area (Å²) in [6, 6.07) is 0. The monoisotopic (exact) mass is 319 g/mol. The van der Waals surface area contributed by atoms with E-state index in [1.165, 1.54) is 25.7 Å². The zero-order chi connectivity index (χ0) is 14.4. The summed E-state index contributed by atoms with van der Waals surface area (Å²) in [5.74, 6) is -0.183. The molecule has 2 heterocycles. The number of esters is 1. The van der Waals surface area contributed by atoms with Crippen molar-refractivity contribution in [3.63, 3.8) is 0 Å². The van der Waals surface area contributed by atoms with Gasteiger partial charge in [0.2, 0.25) is 0 Å². The number of nitrogens with one attached hydrogen (secondary N) is 1. The van der Waals surface area contributed by atoms with Crippen LogP contribution in [0.4, 0.5) is 0 Å². The van der Waals surface area contributed by atoms with Crippen LogP contribution >= 0.6 is 6.34 Å². The Labute approximate surface area is 127 Å². The number of hydrogen-bond donors (Lipinski definition) is 1. The molecular formula is C13H26N3O2PS. The van der Waals surface area contributed by atoms with Gasteiger partial charge in [0.05, 0.1) is 25.8 Å². The zero-order valence-corrected chi connectivity index (χ0v) is 14.1. The van der Waals surface area contributed by atoms with Crippen LogP contribution in [0.5, 0.6) is 0 Å². The van der Waals surface area contributed by atoms with Gasteiger partial charge in [-0.25, -0.2) is 0 Å². The lowest BCUT2D eigenvalue weighted by Gasteiger charge is -2.39. The third-order valence-electron chi connectivity index (χ3n) is 3.94. The van der Waals surface area contributed by atoms with Crippen LogP contribution in [0.3, 0.4) is 0 Å². The average molecular weight is 319 g/mol. The fourth-order valence-electron chi connectivity index (χ4n) is 2.92. The third-order valence-corrected chi connectivity index (χ3v) is 8.92. The number of carbonyl (C=O) groups excluding carboxylic acids is 1. The van der Waals surface area contributed by atoms with Gasteiger partial charge in [-0.3, -0.25) is 19.5 Å². The summed E-state index contributed by atoms with van der Waals surface area (Å²) in [5.41, 5.74) is 0. The first-order valence-electron chi connectivity index (χ1n) is 7.63. The first-order valence-corrected chi connectivity index (χ1v) is 10.5. The molecule has 0 saturated carbocycles. The molecule has 0 bridgehead atoms. The molecule has 0 aromatic heterocycles. The highest BCUT2D eigenvalue weighted by Gasteiger charge is 2.35. The van der Waals surface area contributed by atoms with Crippen LogP contribution in [0.25, 0.3) is 0 Å². The second kappa shape index (κ2) is 7.85. The second-order valence-corrected chi connectivity index (χ2v) is 9.91. The Morgan fingerprint density at radius 2 is 1.65 bits per heavy atom. The third kappa shape index (κ3) is 4.01. The summed E-state index contributed by atoms with van der Waals surface area (Å²) in [5, 5.41) is 3.25. The van der Waals surface area contributed by atoms with Crippen LogP contribution in [0.15, 0.2) is 0 Å². The van der Waals surface area contributed by atoms with E-state index in [1.807, 2.05) is 6.92 Å². The van der Waals surface area contributed by atoms with Crippen molar-refractivity contribution >= 4 is 24.1 Å². The maximum Gasteiger partial charge on any atom is 0.319 e. The molecule has 116 valence electrons. The van der Waals surface area contributed by atoms with E-state index < -0.39 is 6.34 Å². The van der Waals surface area contributed by atoms with Gasteiger partial charge < -0.3 is 4.74 Å². The molecule has 0 aliphatic carbocycles. The minimum atomic E-state index is -1.71. The Bertz CT molecular complexity index is 349. The maximum atomic E-state index is 11.4. The Hall–Kier alpha value is -0.0000000000000000694. The lowest BCUT2D eigenvalue weighted by molar-refractivity contribution is -0.141. The normalized spacial score (nSPS) is 21.4. The first-order chi connectivity index (χ1) is 9.66. The van der Waals surface area contributed by atoms with Gasteiger partial charge in [0.1, 0.15) is 0 Å². The molecule has 0 unspecified atom stereocenters. The van der Waals surface area contributed by atoms with E-state index in [9.17, 15) is 4.79 Å². The minimum Gasteiger partial charge on any atom is -0.465 e. The zero-order valence-electron chi connectivity index (χ0n) is 12.3. The average Bonchev–Trinajstić information content (AvgIpc) is 3.12. The summed E-state index contributed by atoms with van der Waals surface area (Å²) in [6.45, 7) is 7.02. The lowest BCUT2D eigenvalue weighted by Crippen LogP contribution is -2.36. The molecule has 20 heavy (non-hydrogen) atoms. The van der Waals surface area contributed by atoms with Gasteiger partial charge in [-0.15, -0.1) is 0 Å². The fourth-order valence-corrected chi connectivity index (χ4v) is 7.15. The summed E-state index contributed by atoms with van der Waals surface area (Å²) in [7, 11) is 0. The predicted octanol–water partition coefficient (Wildman–Crippen LogP) is 1.60. The molecule has 2 saturated heterocycles. The molecule has 0 atom stereocenters. The number of carbonyl (C=O) groups is 1. The van der Waals surface area contributed by atoms with Crippen molar-refractivity contribution in [3.8, 4) is 0 Å². The highest BCUT2D eigenvalue weighted by molar-refractivity contribution is 8.12. The van der Waals surface area contributed by atoms with Crippen LogP contribution in [0.1, 0.15) is 32.6 Å². The standard InChI is InChI=1S/C13H26N3O2PS/c1-2-18-13(17)11-14-12-19(20,15-7-3-4-8-15)16-9-5-6-10-16/h14H,2-12H2,1H3. The molecule has 7 heteroatoms. The second-order valence-electron chi connectivity index (χ2n) is 5.38. The molecule has 0 spiro atoms. The van der Waals surface area contributed by atoms with Gasteiger partial charge in [0.25, 0.3) is 0 Å². The Morgan fingerprint density at radius 3 is 2.10 bits per heavy atom. The van der Waals surface area contributed by atoms with E-state index in [0.29, 0.717) is 6.61 Å². The summed E-state index contributed by atoms with van der Waals surface area (Å²) >= 11 is 6.09. The number of nitrogens with zero attached hydrogens (tertiary/aromatic N) is 2. The van der Waals surface area contributed by atoms with E-state index in [-0.39, 0.29) is 12.5 Å². The highest BCUT2D eigenvalue weighted by atomic mass is 32.4. The van der Waals surface area contributed by atoms with Crippen LogP contribution in [0.2, 0.25) is 0 Å². The molecule has 2 rings (SSSR count). The molecule has 5 nitrogen and oxygen atoms in total. The van der Waals surface area contributed by atoms with Gasteiger partial charge in [0, 0.05) is 26.2 Å². The van der Waals surface area contributed by atoms with Crippen molar-refractivity contribution in [3.05, 3.63) is 0 Å². The predicted molar refractivity (Wildman–Crippen MR) is 85.4 cm³/mol. The summed E-state index contributed by atoms with van der Waals surface area (Å²) < 4.78 is 9.97. The van der Waals surface area contributed by atoms with Crippen molar-refractivity contribution in [1.29, 1.82) is 0 Å². The van der Waals surface area contributed by atoms with Crippen molar-refractivity contribution in [1.82, 2.24) is 14.7 Å². The van der Waals surface area contributed by atoms with Gasteiger partial charge in [-0.2, -0.15) is 0 Å². The van der Waals surface area contributed by atoms with Crippen molar-refractivity contribution < 1.29 is 9.53 Å². The van der Waals surface area contributed by atoms with Crippen molar-refractivity contribution in [2.45, 2.75) is 32.6 Å². The maximum absolute atomic E-state index is 11.4. The quantitative estimate of drug-likeness (QED) is 0.568. The molecule has 0 amide bonds. The highest BCUT2D eigenvalue weighted by Crippen LogP contribution is 2.55.